The van der Waals surface area contributed by atoms with Crippen molar-refractivity contribution in [3.05, 3.63) is 59.7 Å². The summed E-state index contributed by atoms with van der Waals surface area (Å²) in [6.07, 6.45) is 10.0. The predicted octanol–water partition coefficient (Wildman–Crippen LogP) is 3.94. The molecule has 4 rings (SSSR count). The summed E-state index contributed by atoms with van der Waals surface area (Å²) in [5, 5.41) is 3.12. The zero-order valence-corrected chi connectivity index (χ0v) is 17.4. The van der Waals surface area contributed by atoms with Crippen LogP contribution in [0, 0.1) is 29.4 Å². The van der Waals surface area contributed by atoms with Crippen LogP contribution >= 0.6 is 0 Å². The van der Waals surface area contributed by atoms with Gasteiger partial charge in [0.25, 0.3) is 0 Å². The molecule has 2 aliphatic carbocycles. The number of nitrogens with one attached hydrogen (secondary N) is 1. The van der Waals surface area contributed by atoms with Crippen molar-refractivity contribution in [1.82, 2.24) is 10.2 Å². The third-order valence-corrected chi connectivity index (χ3v) is 6.38. The molecule has 1 aromatic carbocycles. The number of allylic oxidation sites excluding steroid dienone is 3. The van der Waals surface area contributed by atoms with Gasteiger partial charge in [-0.1, -0.05) is 44.2 Å². The lowest BCUT2D eigenvalue weighted by atomic mass is 9.88. The maximum Gasteiger partial charge on any atom is 0.243 e. The van der Waals surface area contributed by atoms with E-state index in [1.807, 2.05) is 26.0 Å². The van der Waals surface area contributed by atoms with Gasteiger partial charge in [-0.25, -0.2) is 8.78 Å². The van der Waals surface area contributed by atoms with Crippen molar-refractivity contribution >= 4 is 11.8 Å². The van der Waals surface area contributed by atoms with Gasteiger partial charge in [-0.3, -0.25) is 9.59 Å². The van der Waals surface area contributed by atoms with E-state index in [4.69, 9.17) is 0 Å². The highest BCUT2D eigenvalue weighted by Crippen LogP contribution is 2.50. The van der Waals surface area contributed by atoms with Crippen molar-refractivity contribution in [3.8, 4) is 0 Å². The van der Waals surface area contributed by atoms with E-state index < -0.39 is 17.7 Å². The first-order valence-corrected chi connectivity index (χ1v) is 10.7. The van der Waals surface area contributed by atoms with E-state index in [1.54, 1.807) is 4.90 Å². The highest BCUT2D eigenvalue weighted by molar-refractivity contribution is 5.91. The van der Waals surface area contributed by atoms with Crippen LogP contribution in [0.5, 0.6) is 0 Å². The van der Waals surface area contributed by atoms with Crippen LogP contribution in [-0.4, -0.2) is 35.3 Å². The van der Waals surface area contributed by atoms with Crippen molar-refractivity contribution in [2.75, 3.05) is 6.54 Å². The van der Waals surface area contributed by atoms with Crippen LogP contribution < -0.4 is 5.32 Å². The molecule has 3 aliphatic rings. The lowest BCUT2D eigenvalue weighted by Crippen LogP contribution is -2.63. The highest BCUT2D eigenvalue weighted by atomic mass is 19.1. The molecule has 0 bridgehead atoms. The van der Waals surface area contributed by atoms with Gasteiger partial charge in [0.1, 0.15) is 17.7 Å². The van der Waals surface area contributed by atoms with Gasteiger partial charge in [-0.15, -0.1) is 0 Å². The Kier molecular flexibility index (Phi) is 5.76. The molecule has 1 aliphatic heterocycles. The first kappa shape index (κ1) is 20.8. The molecule has 160 valence electrons. The van der Waals surface area contributed by atoms with E-state index in [-0.39, 0.29) is 41.5 Å². The average Bonchev–Trinajstić information content (AvgIpc) is 3.49. The third kappa shape index (κ3) is 4.18. The lowest BCUT2D eigenvalue weighted by Gasteiger charge is -2.42. The van der Waals surface area contributed by atoms with Crippen LogP contribution in [-0.2, 0) is 9.59 Å². The highest BCUT2D eigenvalue weighted by Gasteiger charge is 2.50. The molecule has 0 radical (unpaired) electrons. The second kappa shape index (κ2) is 8.32. The predicted molar refractivity (Wildman–Crippen MR) is 110 cm³/mol. The SMILES string of the molecule is CC(C)C[C@H]1C(=O)N[C@@H](C2C=CC=CC2)CN1C(=O)[C@@H]1C[C@H]1c1ccc(F)cc1F. The van der Waals surface area contributed by atoms with Crippen molar-refractivity contribution in [2.45, 2.75) is 51.1 Å². The maximum atomic E-state index is 14.2. The fourth-order valence-corrected chi connectivity index (χ4v) is 4.70. The van der Waals surface area contributed by atoms with E-state index in [2.05, 4.69) is 17.5 Å². The van der Waals surface area contributed by atoms with E-state index >= 15 is 0 Å². The zero-order valence-electron chi connectivity index (χ0n) is 17.4. The third-order valence-electron chi connectivity index (χ3n) is 6.38. The summed E-state index contributed by atoms with van der Waals surface area (Å²) in [6.45, 7) is 4.52. The molecule has 6 heteroatoms. The molecular weight excluding hydrogens is 386 g/mol. The van der Waals surface area contributed by atoms with Crippen LogP contribution in [0.2, 0.25) is 0 Å². The molecule has 5 atom stereocenters. The summed E-state index contributed by atoms with van der Waals surface area (Å²) >= 11 is 0. The van der Waals surface area contributed by atoms with Crippen molar-refractivity contribution in [3.63, 3.8) is 0 Å². The molecule has 1 aromatic rings. The molecule has 30 heavy (non-hydrogen) atoms. The Labute approximate surface area is 176 Å². The van der Waals surface area contributed by atoms with Gasteiger partial charge in [0.2, 0.25) is 11.8 Å². The molecule has 4 nitrogen and oxygen atoms in total. The first-order valence-electron chi connectivity index (χ1n) is 10.7. The molecule has 0 aromatic heterocycles. The van der Waals surface area contributed by atoms with E-state index in [1.165, 1.54) is 12.1 Å². The van der Waals surface area contributed by atoms with Crippen molar-refractivity contribution < 1.29 is 18.4 Å². The van der Waals surface area contributed by atoms with Crippen molar-refractivity contribution in [2.24, 2.45) is 17.8 Å². The smallest absolute Gasteiger partial charge is 0.243 e. The number of piperazine rings is 1. The molecule has 1 N–H and O–H groups in total. The van der Waals surface area contributed by atoms with Gasteiger partial charge in [-0.05, 0) is 42.7 Å². The minimum Gasteiger partial charge on any atom is -0.349 e. The van der Waals surface area contributed by atoms with Gasteiger partial charge >= 0.3 is 0 Å². The van der Waals surface area contributed by atoms with Gasteiger partial charge in [0.05, 0.1) is 6.04 Å². The quantitative estimate of drug-likeness (QED) is 0.793. The minimum absolute atomic E-state index is 0.0930. The number of hydrogen-bond acceptors (Lipinski definition) is 2. The summed E-state index contributed by atoms with van der Waals surface area (Å²) in [5.74, 6) is -1.63. The summed E-state index contributed by atoms with van der Waals surface area (Å²) in [7, 11) is 0. The van der Waals surface area contributed by atoms with Crippen LogP contribution in [0.15, 0.2) is 42.5 Å². The van der Waals surface area contributed by atoms with Gasteiger partial charge in [-0.2, -0.15) is 0 Å². The van der Waals surface area contributed by atoms with Gasteiger partial charge < -0.3 is 10.2 Å². The lowest BCUT2D eigenvalue weighted by molar-refractivity contribution is -0.147. The number of carbonyl (C=O) groups is 2. The summed E-state index contributed by atoms with van der Waals surface area (Å²) in [4.78, 5) is 28.1. The maximum absolute atomic E-state index is 14.2. The summed E-state index contributed by atoms with van der Waals surface area (Å²) in [5.41, 5.74) is 0.383. The molecule has 2 fully saturated rings. The van der Waals surface area contributed by atoms with E-state index in [0.29, 0.717) is 24.9 Å². The summed E-state index contributed by atoms with van der Waals surface area (Å²) < 4.78 is 27.4. The Hall–Kier alpha value is -2.50. The fraction of sp³-hybridized carbons (Fsp3) is 0.500. The first-order chi connectivity index (χ1) is 14.3. The number of amides is 2. The second-order valence-corrected chi connectivity index (χ2v) is 9.08. The fourth-order valence-electron chi connectivity index (χ4n) is 4.70. The second-order valence-electron chi connectivity index (χ2n) is 9.08. The molecule has 2 amide bonds. The largest absolute Gasteiger partial charge is 0.349 e. The number of benzene rings is 1. The van der Waals surface area contributed by atoms with Gasteiger partial charge in [0.15, 0.2) is 0 Å². The van der Waals surface area contributed by atoms with Crippen LogP contribution in [0.25, 0.3) is 0 Å². The monoisotopic (exact) mass is 414 g/mol. The van der Waals surface area contributed by atoms with Crippen LogP contribution in [0.1, 0.15) is 44.6 Å². The van der Waals surface area contributed by atoms with Crippen LogP contribution in [0.3, 0.4) is 0 Å². The molecular formula is C24H28F2N2O2. The molecule has 0 spiro atoms. The molecule has 1 heterocycles. The van der Waals surface area contributed by atoms with E-state index in [9.17, 15) is 18.4 Å². The molecule has 1 saturated carbocycles. The Balaban J connectivity index is 1.53. The molecule has 1 unspecified atom stereocenters. The average molecular weight is 414 g/mol. The Morgan fingerprint density at radius 3 is 2.73 bits per heavy atom. The molecule has 1 saturated heterocycles. The number of rotatable bonds is 5. The minimum atomic E-state index is -0.623. The zero-order chi connectivity index (χ0) is 21.4. The number of hydrogen-bond donors (Lipinski definition) is 1. The normalized spacial score (nSPS) is 30.5. The van der Waals surface area contributed by atoms with Gasteiger partial charge in [0, 0.05) is 24.4 Å². The van der Waals surface area contributed by atoms with Crippen molar-refractivity contribution in [1.29, 1.82) is 0 Å². The summed E-state index contributed by atoms with van der Waals surface area (Å²) in [6, 6.07) is 2.89. The number of nitrogens with zero attached hydrogens (tertiary/aromatic N) is 1. The Morgan fingerprint density at radius 2 is 2.07 bits per heavy atom. The Morgan fingerprint density at radius 1 is 1.27 bits per heavy atom. The topological polar surface area (TPSA) is 49.4 Å². The Bertz CT molecular complexity index is 895. The van der Waals surface area contributed by atoms with Crippen LogP contribution in [0.4, 0.5) is 8.78 Å². The van der Waals surface area contributed by atoms with E-state index in [0.717, 1.165) is 12.5 Å². The standard InChI is InChI=1S/C24H28F2N2O2/c1-14(2)10-22-23(29)27-21(15-6-4-3-5-7-15)13-28(22)24(30)19-12-18(19)17-9-8-16(25)11-20(17)26/h3-6,8-9,11,14-15,18-19,21-22H,7,10,12-13H2,1-2H3,(H,27,29)/t15?,18-,19+,21+,22-/m0/s1. The number of carbonyl (C=O) groups excluding carboxylic acids is 2. The number of halogens is 2.